The van der Waals surface area contributed by atoms with E-state index >= 15 is 0 Å². The molecule has 0 spiro atoms. The predicted octanol–water partition coefficient (Wildman–Crippen LogP) is 0.816. The molecule has 178 valence electrons. The highest BCUT2D eigenvalue weighted by atomic mass is 16.5. The first-order valence-electron chi connectivity index (χ1n) is 10.8. The smallest absolute Gasteiger partial charge is 0.332 e. The molecule has 0 radical (unpaired) electrons. The lowest BCUT2D eigenvalue weighted by atomic mass is 10.1. The maximum absolute atomic E-state index is 13.3. The molecule has 0 saturated heterocycles. The second-order valence-corrected chi connectivity index (χ2v) is 8.17. The molecule has 0 saturated carbocycles. The van der Waals surface area contributed by atoms with Crippen LogP contribution in [0.15, 0.2) is 38.6 Å². The highest BCUT2D eigenvalue weighted by molar-refractivity contribution is 5.75. The quantitative estimate of drug-likeness (QED) is 0.416. The van der Waals surface area contributed by atoms with Gasteiger partial charge < -0.3 is 9.84 Å². The Balaban J connectivity index is 1.96. The van der Waals surface area contributed by atoms with Crippen molar-refractivity contribution in [3.05, 3.63) is 72.1 Å². The minimum absolute atomic E-state index is 0.0209. The first-order chi connectivity index (χ1) is 16.1. The van der Waals surface area contributed by atoms with Gasteiger partial charge in [0.25, 0.3) is 11.1 Å². The van der Waals surface area contributed by atoms with Crippen LogP contribution >= 0.6 is 0 Å². The molecule has 0 atom stereocenters. The number of hydrogen-bond acceptors (Lipinski definition) is 7. The van der Waals surface area contributed by atoms with Crippen molar-refractivity contribution in [1.29, 1.82) is 0 Å². The molecule has 0 fully saturated rings. The third-order valence-electron chi connectivity index (χ3n) is 5.77. The van der Waals surface area contributed by atoms with Crippen LogP contribution in [0.2, 0.25) is 0 Å². The van der Waals surface area contributed by atoms with Crippen molar-refractivity contribution < 1.29 is 14.6 Å². The van der Waals surface area contributed by atoms with Gasteiger partial charge in [0.1, 0.15) is 6.61 Å². The number of ether oxygens (including phenoxy) is 1. The summed E-state index contributed by atoms with van der Waals surface area (Å²) < 4.78 is 9.76. The van der Waals surface area contributed by atoms with E-state index in [9.17, 15) is 24.3 Å². The van der Waals surface area contributed by atoms with Crippen molar-refractivity contribution in [2.75, 3.05) is 0 Å². The first kappa shape index (κ1) is 23.0. The number of aryl methyl sites for hydroxylation is 1. The maximum Gasteiger partial charge on any atom is 0.332 e. The number of fused-ring (bicyclic) bond motifs is 3. The van der Waals surface area contributed by atoms with Gasteiger partial charge in [-0.05, 0) is 17.5 Å². The predicted molar refractivity (Wildman–Crippen MR) is 124 cm³/mol. The molecule has 11 nitrogen and oxygen atoms in total. The minimum atomic E-state index is -0.641. The fraction of sp³-hybridized carbons (Fsp3) is 0.348. The molecule has 1 aromatic carbocycles. The summed E-state index contributed by atoms with van der Waals surface area (Å²) in [5, 5.41) is 11.0. The molecule has 0 aliphatic rings. The third kappa shape index (κ3) is 3.68. The van der Waals surface area contributed by atoms with Crippen molar-refractivity contribution in [3.63, 3.8) is 0 Å². The van der Waals surface area contributed by atoms with Crippen LogP contribution in [0, 0.1) is 0 Å². The van der Waals surface area contributed by atoms with E-state index in [1.165, 1.54) is 34.6 Å². The van der Waals surface area contributed by atoms with Crippen LogP contribution < -0.4 is 16.8 Å². The Morgan fingerprint density at radius 3 is 2.29 bits per heavy atom. The van der Waals surface area contributed by atoms with Crippen molar-refractivity contribution in [2.45, 2.75) is 39.8 Å². The lowest BCUT2D eigenvalue weighted by Gasteiger charge is -2.15. The zero-order valence-corrected chi connectivity index (χ0v) is 19.4. The molecular formula is C23H25N5O6. The maximum atomic E-state index is 13.3. The molecule has 0 aliphatic heterocycles. The Hall–Kier alpha value is -4.15. The first-order valence-corrected chi connectivity index (χ1v) is 10.8. The number of nitrogens with zero attached hydrogens (tertiary/aromatic N) is 5. The van der Waals surface area contributed by atoms with Crippen LogP contribution in [-0.4, -0.2) is 34.2 Å². The van der Waals surface area contributed by atoms with E-state index < -0.39 is 16.8 Å². The SMILES string of the molecule is CCCc1c(O)n(Cc2ccc(COC(C)=O)cc2)c2nc3c(c(=O)n(C)c(=O)n3C)n2c1=O. The molecular weight excluding hydrogens is 442 g/mol. The van der Waals surface area contributed by atoms with Crippen molar-refractivity contribution >= 4 is 22.9 Å². The van der Waals surface area contributed by atoms with Gasteiger partial charge >= 0.3 is 11.7 Å². The van der Waals surface area contributed by atoms with Gasteiger partial charge in [0.2, 0.25) is 11.7 Å². The van der Waals surface area contributed by atoms with Crippen LogP contribution in [0.1, 0.15) is 37.0 Å². The van der Waals surface area contributed by atoms with E-state index in [1.54, 1.807) is 12.1 Å². The van der Waals surface area contributed by atoms with Gasteiger partial charge in [-0.2, -0.15) is 4.98 Å². The summed E-state index contributed by atoms with van der Waals surface area (Å²) in [5.41, 5.74) is 0.0283. The largest absolute Gasteiger partial charge is 0.494 e. The number of esters is 1. The molecule has 1 N–H and O–H groups in total. The summed E-state index contributed by atoms with van der Waals surface area (Å²) in [6, 6.07) is 7.21. The number of rotatable bonds is 6. The third-order valence-corrected chi connectivity index (χ3v) is 5.77. The zero-order valence-electron chi connectivity index (χ0n) is 19.4. The topological polar surface area (TPSA) is 130 Å². The summed E-state index contributed by atoms with van der Waals surface area (Å²) >= 11 is 0. The van der Waals surface area contributed by atoms with Gasteiger partial charge in [-0.1, -0.05) is 37.6 Å². The Bertz CT molecular complexity index is 1600. The van der Waals surface area contributed by atoms with Crippen LogP contribution in [0.3, 0.4) is 0 Å². The zero-order chi connectivity index (χ0) is 24.7. The van der Waals surface area contributed by atoms with Gasteiger partial charge in [-0.15, -0.1) is 0 Å². The summed E-state index contributed by atoms with van der Waals surface area (Å²) in [5.74, 6) is -0.555. The number of carbonyl (C=O) groups is 1. The summed E-state index contributed by atoms with van der Waals surface area (Å²) in [4.78, 5) is 54.1. The standard InChI is InChI=1S/C23H25N5O6/c1-5-6-16-19(30)27(11-14-7-9-15(10-8-14)12-34-13(2)29)22-24-18-17(28(22)20(16)31)21(32)26(4)23(33)25(18)3/h7-10,30H,5-6,11-12H2,1-4H3. The average Bonchev–Trinajstić information content (AvgIpc) is 3.22. The molecule has 0 amide bonds. The molecule has 34 heavy (non-hydrogen) atoms. The van der Waals surface area contributed by atoms with E-state index in [1.807, 2.05) is 19.1 Å². The minimum Gasteiger partial charge on any atom is -0.494 e. The van der Waals surface area contributed by atoms with E-state index in [2.05, 4.69) is 4.98 Å². The second-order valence-electron chi connectivity index (χ2n) is 8.17. The number of aromatic hydroxyl groups is 1. The van der Waals surface area contributed by atoms with Gasteiger partial charge in [0, 0.05) is 21.0 Å². The van der Waals surface area contributed by atoms with Gasteiger partial charge in [0.05, 0.1) is 12.1 Å². The molecule has 11 heteroatoms. The van der Waals surface area contributed by atoms with Crippen LogP contribution in [0.4, 0.5) is 0 Å². The highest BCUT2D eigenvalue weighted by Crippen LogP contribution is 2.22. The van der Waals surface area contributed by atoms with Crippen molar-refractivity contribution in [1.82, 2.24) is 23.1 Å². The van der Waals surface area contributed by atoms with Crippen LogP contribution in [0.5, 0.6) is 5.88 Å². The molecule has 4 rings (SSSR count). The Labute approximate surface area is 193 Å². The van der Waals surface area contributed by atoms with Crippen molar-refractivity contribution in [2.24, 2.45) is 14.1 Å². The van der Waals surface area contributed by atoms with E-state index in [-0.39, 0.29) is 47.5 Å². The summed E-state index contributed by atoms with van der Waals surface area (Å²) in [7, 11) is 2.81. The highest BCUT2D eigenvalue weighted by Gasteiger charge is 2.23. The van der Waals surface area contributed by atoms with Gasteiger partial charge in [0.15, 0.2) is 11.2 Å². The Morgan fingerprint density at radius 1 is 1.03 bits per heavy atom. The number of aromatic nitrogens is 5. The van der Waals surface area contributed by atoms with Crippen LogP contribution in [0.25, 0.3) is 16.9 Å². The van der Waals surface area contributed by atoms with Crippen LogP contribution in [-0.2, 0) is 43.2 Å². The molecule has 0 unspecified atom stereocenters. The molecule has 0 bridgehead atoms. The second kappa shape index (κ2) is 8.65. The van der Waals surface area contributed by atoms with Gasteiger partial charge in [-0.25, -0.2) is 9.20 Å². The van der Waals surface area contributed by atoms with E-state index in [0.29, 0.717) is 12.8 Å². The molecule has 3 heterocycles. The fourth-order valence-corrected chi connectivity index (χ4v) is 3.97. The Kier molecular flexibility index (Phi) is 5.86. The summed E-state index contributed by atoms with van der Waals surface area (Å²) in [6.45, 7) is 3.51. The summed E-state index contributed by atoms with van der Waals surface area (Å²) in [6.07, 6.45) is 0.899. The molecule has 3 aromatic heterocycles. The Morgan fingerprint density at radius 2 is 1.68 bits per heavy atom. The number of benzene rings is 1. The normalized spacial score (nSPS) is 11.4. The lowest BCUT2D eigenvalue weighted by molar-refractivity contribution is -0.142. The van der Waals surface area contributed by atoms with Crippen molar-refractivity contribution in [3.8, 4) is 5.88 Å². The average molecular weight is 467 g/mol. The number of imidazole rings is 1. The lowest BCUT2D eigenvalue weighted by Crippen LogP contribution is -2.38. The van der Waals surface area contributed by atoms with E-state index in [0.717, 1.165) is 15.7 Å². The van der Waals surface area contributed by atoms with Gasteiger partial charge in [-0.3, -0.25) is 28.1 Å². The fourth-order valence-electron chi connectivity index (χ4n) is 3.97. The number of carbonyl (C=O) groups excluding carboxylic acids is 1. The molecule has 4 aromatic rings. The monoisotopic (exact) mass is 467 g/mol. The van der Waals surface area contributed by atoms with E-state index in [4.69, 9.17) is 4.74 Å². The number of hydrogen-bond donors (Lipinski definition) is 1. The molecule has 0 aliphatic carbocycles.